The van der Waals surface area contributed by atoms with Gasteiger partial charge in [-0.1, -0.05) is 41.5 Å². The molecule has 0 heterocycles. The van der Waals surface area contributed by atoms with Gasteiger partial charge in [-0.15, -0.1) is 0 Å². The standard InChI is InChI=1S/C18H18O6S/c1-12-7-9-15(10-8-12)25(21,22)24-17(18(20)23-3)16(19)14-6-4-5-13(2)11-14/h4-11,17H,1-3H3. The average molecular weight is 362 g/mol. The first-order valence-electron chi connectivity index (χ1n) is 7.43. The zero-order valence-corrected chi connectivity index (χ0v) is 14.9. The molecular formula is C18H18O6S. The Morgan fingerprint density at radius 1 is 0.960 bits per heavy atom. The van der Waals surface area contributed by atoms with Crippen molar-refractivity contribution in [3.63, 3.8) is 0 Å². The summed E-state index contributed by atoms with van der Waals surface area (Å²) in [5, 5.41) is 0. The summed E-state index contributed by atoms with van der Waals surface area (Å²) < 4.78 is 34.2. The molecule has 2 aromatic carbocycles. The van der Waals surface area contributed by atoms with E-state index in [2.05, 4.69) is 4.74 Å². The highest BCUT2D eigenvalue weighted by Crippen LogP contribution is 2.18. The molecule has 0 saturated carbocycles. The van der Waals surface area contributed by atoms with Gasteiger partial charge >= 0.3 is 5.97 Å². The molecule has 0 spiro atoms. The van der Waals surface area contributed by atoms with Crippen LogP contribution in [-0.4, -0.2) is 33.4 Å². The molecule has 25 heavy (non-hydrogen) atoms. The van der Waals surface area contributed by atoms with Crippen molar-refractivity contribution in [2.75, 3.05) is 7.11 Å². The van der Waals surface area contributed by atoms with Crippen molar-refractivity contribution in [2.24, 2.45) is 0 Å². The van der Waals surface area contributed by atoms with Crippen LogP contribution in [0, 0.1) is 13.8 Å². The van der Waals surface area contributed by atoms with Gasteiger partial charge in [0.15, 0.2) is 0 Å². The lowest BCUT2D eigenvalue weighted by molar-refractivity contribution is -0.146. The molecule has 7 heteroatoms. The number of carbonyl (C=O) groups excluding carboxylic acids is 2. The average Bonchev–Trinajstić information content (AvgIpc) is 2.59. The minimum absolute atomic E-state index is 0.149. The number of rotatable bonds is 6. The second kappa shape index (κ2) is 7.58. The van der Waals surface area contributed by atoms with E-state index in [4.69, 9.17) is 4.18 Å². The summed E-state index contributed by atoms with van der Waals surface area (Å²) in [6.45, 7) is 3.57. The van der Waals surface area contributed by atoms with Crippen LogP contribution in [0.1, 0.15) is 21.5 Å². The van der Waals surface area contributed by atoms with Crippen molar-refractivity contribution in [1.82, 2.24) is 0 Å². The highest BCUT2D eigenvalue weighted by Gasteiger charge is 2.35. The summed E-state index contributed by atoms with van der Waals surface area (Å²) >= 11 is 0. The zero-order chi connectivity index (χ0) is 18.6. The monoisotopic (exact) mass is 362 g/mol. The van der Waals surface area contributed by atoms with Crippen LogP contribution in [0.4, 0.5) is 0 Å². The molecule has 0 saturated heterocycles. The third kappa shape index (κ3) is 4.52. The second-order valence-electron chi connectivity index (χ2n) is 5.50. The summed E-state index contributed by atoms with van der Waals surface area (Å²) in [6, 6.07) is 12.3. The molecule has 132 valence electrons. The number of aryl methyl sites for hydroxylation is 2. The highest BCUT2D eigenvalue weighted by atomic mass is 32.2. The van der Waals surface area contributed by atoms with Gasteiger partial charge in [-0.25, -0.2) is 8.98 Å². The molecule has 2 aromatic rings. The maximum Gasteiger partial charge on any atom is 0.344 e. The van der Waals surface area contributed by atoms with Crippen molar-refractivity contribution in [2.45, 2.75) is 24.8 Å². The van der Waals surface area contributed by atoms with Crippen molar-refractivity contribution in [3.05, 3.63) is 65.2 Å². The fraction of sp³-hybridized carbons (Fsp3) is 0.222. The Bertz CT molecular complexity index is 884. The predicted molar refractivity (Wildman–Crippen MR) is 90.8 cm³/mol. The van der Waals surface area contributed by atoms with E-state index in [-0.39, 0.29) is 10.5 Å². The normalized spacial score (nSPS) is 12.4. The Hall–Kier alpha value is -2.51. The van der Waals surface area contributed by atoms with Crippen molar-refractivity contribution < 1.29 is 26.9 Å². The van der Waals surface area contributed by atoms with Crippen LogP contribution >= 0.6 is 0 Å². The van der Waals surface area contributed by atoms with Crippen LogP contribution in [0.25, 0.3) is 0 Å². The smallest absolute Gasteiger partial charge is 0.344 e. The van der Waals surface area contributed by atoms with Crippen LogP contribution in [0.2, 0.25) is 0 Å². The van der Waals surface area contributed by atoms with Gasteiger partial charge in [-0.05, 0) is 32.0 Å². The molecule has 0 bridgehead atoms. The lowest BCUT2D eigenvalue weighted by atomic mass is 10.0. The molecule has 1 atom stereocenters. The Morgan fingerprint density at radius 3 is 2.16 bits per heavy atom. The van der Waals surface area contributed by atoms with E-state index in [1.54, 1.807) is 44.2 Å². The molecule has 0 radical (unpaired) electrons. The molecule has 2 rings (SSSR count). The molecule has 0 amide bonds. The van der Waals surface area contributed by atoms with Gasteiger partial charge in [0.25, 0.3) is 10.1 Å². The summed E-state index contributed by atoms with van der Waals surface area (Å²) in [4.78, 5) is 24.4. The van der Waals surface area contributed by atoms with Crippen molar-refractivity contribution >= 4 is 21.9 Å². The van der Waals surface area contributed by atoms with Crippen molar-refractivity contribution in [1.29, 1.82) is 0 Å². The number of carbonyl (C=O) groups is 2. The quantitative estimate of drug-likeness (QED) is 0.339. The summed E-state index contributed by atoms with van der Waals surface area (Å²) in [5.41, 5.74) is 1.81. The maximum absolute atomic E-state index is 12.6. The molecule has 0 aliphatic carbocycles. The first-order valence-corrected chi connectivity index (χ1v) is 8.84. The number of methoxy groups -OCH3 is 1. The van der Waals surface area contributed by atoms with Gasteiger partial charge in [0.05, 0.1) is 12.0 Å². The van der Waals surface area contributed by atoms with Crippen molar-refractivity contribution in [3.8, 4) is 0 Å². The summed E-state index contributed by atoms with van der Waals surface area (Å²) in [5.74, 6) is -1.87. The molecule has 0 fully saturated rings. The molecule has 1 unspecified atom stereocenters. The number of benzene rings is 2. The molecule has 0 aliphatic heterocycles. The minimum atomic E-state index is -4.32. The Balaban J connectivity index is 2.36. The van der Waals surface area contributed by atoms with E-state index in [1.807, 2.05) is 0 Å². The third-order valence-corrected chi connectivity index (χ3v) is 4.78. The minimum Gasteiger partial charge on any atom is -0.467 e. The first-order chi connectivity index (χ1) is 11.7. The lowest BCUT2D eigenvalue weighted by Gasteiger charge is -2.15. The Kier molecular flexibility index (Phi) is 5.71. The number of ether oxygens (including phenoxy) is 1. The number of ketones is 1. The van der Waals surface area contributed by atoms with E-state index in [1.165, 1.54) is 18.2 Å². The predicted octanol–water partition coefficient (Wildman–Crippen LogP) is 2.43. The van der Waals surface area contributed by atoms with Crippen LogP contribution in [0.3, 0.4) is 0 Å². The zero-order valence-electron chi connectivity index (χ0n) is 14.1. The maximum atomic E-state index is 12.6. The first kappa shape index (κ1) is 18.8. The largest absolute Gasteiger partial charge is 0.467 e. The number of hydrogen-bond acceptors (Lipinski definition) is 6. The van der Waals surface area contributed by atoms with Gasteiger partial charge in [0.2, 0.25) is 11.9 Å². The van der Waals surface area contributed by atoms with Gasteiger partial charge < -0.3 is 4.74 Å². The summed E-state index contributed by atoms with van der Waals surface area (Å²) in [6.07, 6.45) is -1.90. The van der Waals surface area contributed by atoms with E-state index in [0.717, 1.165) is 18.2 Å². The molecule has 0 aliphatic rings. The van der Waals surface area contributed by atoms with Gasteiger partial charge in [0.1, 0.15) is 0 Å². The molecule has 6 nitrogen and oxygen atoms in total. The fourth-order valence-corrected chi connectivity index (χ4v) is 3.13. The van der Waals surface area contributed by atoms with E-state index in [9.17, 15) is 18.0 Å². The van der Waals surface area contributed by atoms with E-state index in [0.29, 0.717) is 0 Å². The number of Topliss-reactive ketones (excluding diaryl/α,β-unsaturated/α-hetero) is 1. The fourth-order valence-electron chi connectivity index (χ4n) is 2.13. The SMILES string of the molecule is COC(=O)C(OS(=O)(=O)c1ccc(C)cc1)C(=O)c1cccc(C)c1. The molecule has 0 aromatic heterocycles. The molecule has 0 N–H and O–H groups in total. The van der Waals surface area contributed by atoms with Crippen LogP contribution in [0.15, 0.2) is 53.4 Å². The van der Waals surface area contributed by atoms with Crippen LogP contribution in [-0.2, 0) is 23.8 Å². The van der Waals surface area contributed by atoms with Gasteiger partial charge in [-0.2, -0.15) is 8.42 Å². The van der Waals surface area contributed by atoms with Gasteiger partial charge in [0, 0.05) is 5.56 Å². The third-order valence-electron chi connectivity index (χ3n) is 3.49. The Labute approximate surface area is 146 Å². The topological polar surface area (TPSA) is 86.7 Å². The Morgan fingerprint density at radius 2 is 1.60 bits per heavy atom. The molecular weight excluding hydrogens is 344 g/mol. The highest BCUT2D eigenvalue weighted by molar-refractivity contribution is 7.86. The van der Waals surface area contributed by atoms with E-state index < -0.39 is 28.0 Å². The number of hydrogen-bond donors (Lipinski definition) is 0. The number of esters is 1. The second-order valence-corrected chi connectivity index (χ2v) is 7.07. The summed E-state index contributed by atoms with van der Waals surface area (Å²) in [7, 11) is -3.26. The van der Waals surface area contributed by atoms with Crippen LogP contribution < -0.4 is 0 Å². The van der Waals surface area contributed by atoms with Gasteiger partial charge in [-0.3, -0.25) is 4.79 Å². The van der Waals surface area contributed by atoms with E-state index >= 15 is 0 Å². The van der Waals surface area contributed by atoms with Crippen LogP contribution in [0.5, 0.6) is 0 Å². The lowest BCUT2D eigenvalue weighted by Crippen LogP contribution is -2.36.